The third-order valence-electron chi connectivity index (χ3n) is 3.35. The summed E-state index contributed by atoms with van der Waals surface area (Å²) in [6.45, 7) is 5.01. The van der Waals surface area contributed by atoms with E-state index in [1.165, 1.54) is 19.3 Å². The maximum absolute atomic E-state index is 5.64. The van der Waals surface area contributed by atoms with Crippen LogP contribution in [0.4, 0.5) is 5.88 Å². The lowest BCUT2D eigenvalue weighted by Gasteiger charge is -2.31. The van der Waals surface area contributed by atoms with Crippen LogP contribution in [0.2, 0.25) is 0 Å². The molecule has 0 aromatic carbocycles. The van der Waals surface area contributed by atoms with Gasteiger partial charge >= 0.3 is 0 Å². The van der Waals surface area contributed by atoms with Gasteiger partial charge in [-0.2, -0.15) is 0 Å². The monoisotopic (exact) mass is 208 g/mol. The smallest absolute Gasteiger partial charge is 0.195 e. The highest BCUT2D eigenvalue weighted by atomic mass is 16.4. The van der Waals surface area contributed by atoms with Crippen molar-refractivity contribution >= 4 is 5.88 Å². The second kappa shape index (κ2) is 4.71. The highest BCUT2D eigenvalue weighted by Gasteiger charge is 2.19. The van der Waals surface area contributed by atoms with E-state index in [2.05, 4.69) is 11.8 Å². The van der Waals surface area contributed by atoms with Gasteiger partial charge < -0.3 is 15.1 Å². The third kappa shape index (κ3) is 2.34. The first-order valence-corrected chi connectivity index (χ1v) is 5.87. The van der Waals surface area contributed by atoms with Gasteiger partial charge in [0.15, 0.2) is 5.88 Å². The van der Waals surface area contributed by atoms with Crippen LogP contribution in [0, 0.1) is 5.92 Å². The topological polar surface area (TPSA) is 42.4 Å². The molecule has 0 atom stereocenters. The predicted molar refractivity (Wildman–Crippen MR) is 61.8 cm³/mol. The highest BCUT2D eigenvalue weighted by Crippen LogP contribution is 2.26. The number of piperidine rings is 1. The molecule has 2 heterocycles. The van der Waals surface area contributed by atoms with Crippen LogP contribution in [0.25, 0.3) is 0 Å². The van der Waals surface area contributed by atoms with Crippen molar-refractivity contribution in [2.75, 3.05) is 18.0 Å². The molecular formula is C12H20N2O. The Kier molecular flexibility index (Phi) is 3.31. The molecule has 2 N–H and O–H groups in total. The molecule has 1 aliphatic heterocycles. The van der Waals surface area contributed by atoms with Crippen molar-refractivity contribution in [3.05, 3.63) is 17.9 Å². The number of hydrogen-bond acceptors (Lipinski definition) is 3. The summed E-state index contributed by atoms with van der Waals surface area (Å²) in [5, 5.41) is 0. The molecule has 1 aromatic rings. The predicted octanol–water partition coefficient (Wildman–Crippen LogP) is 2.36. The van der Waals surface area contributed by atoms with Gasteiger partial charge in [-0.3, -0.25) is 0 Å². The fourth-order valence-corrected chi connectivity index (χ4v) is 2.21. The van der Waals surface area contributed by atoms with Gasteiger partial charge in [0, 0.05) is 19.2 Å². The van der Waals surface area contributed by atoms with Gasteiger partial charge in [0.05, 0.1) is 6.54 Å². The van der Waals surface area contributed by atoms with E-state index < -0.39 is 0 Å². The Morgan fingerprint density at radius 3 is 2.67 bits per heavy atom. The number of furan rings is 1. The second-order valence-electron chi connectivity index (χ2n) is 4.28. The summed E-state index contributed by atoms with van der Waals surface area (Å²) in [7, 11) is 0. The Balaban J connectivity index is 1.95. The lowest BCUT2D eigenvalue weighted by molar-refractivity contribution is 0.378. The molecule has 3 nitrogen and oxygen atoms in total. The Morgan fingerprint density at radius 2 is 2.13 bits per heavy atom. The molecule has 1 saturated heterocycles. The summed E-state index contributed by atoms with van der Waals surface area (Å²) in [5.41, 5.74) is 5.52. The van der Waals surface area contributed by atoms with Crippen LogP contribution in [0.3, 0.4) is 0 Å². The van der Waals surface area contributed by atoms with E-state index in [1.807, 2.05) is 12.1 Å². The molecule has 2 rings (SSSR count). The highest BCUT2D eigenvalue weighted by molar-refractivity contribution is 5.36. The maximum Gasteiger partial charge on any atom is 0.195 e. The average Bonchev–Trinajstić information content (AvgIpc) is 2.78. The SMILES string of the molecule is CCC1CCN(c2ccc(CN)o2)CC1. The Labute approximate surface area is 91.2 Å². The fraction of sp³-hybridized carbons (Fsp3) is 0.667. The molecular weight excluding hydrogens is 188 g/mol. The first kappa shape index (κ1) is 10.6. The summed E-state index contributed by atoms with van der Waals surface area (Å²) in [4.78, 5) is 2.32. The quantitative estimate of drug-likeness (QED) is 0.829. The van der Waals surface area contributed by atoms with Gasteiger partial charge in [-0.15, -0.1) is 0 Å². The molecule has 3 heteroatoms. The third-order valence-corrected chi connectivity index (χ3v) is 3.35. The van der Waals surface area contributed by atoms with Crippen molar-refractivity contribution in [1.82, 2.24) is 0 Å². The summed E-state index contributed by atoms with van der Waals surface area (Å²) < 4.78 is 5.64. The van der Waals surface area contributed by atoms with Gasteiger partial charge in [0.2, 0.25) is 0 Å². The zero-order chi connectivity index (χ0) is 10.7. The summed E-state index contributed by atoms with van der Waals surface area (Å²) in [6.07, 6.45) is 3.88. The van der Waals surface area contributed by atoms with Gasteiger partial charge in [0.25, 0.3) is 0 Å². The van der Waals surface area contributed by atoms with Crippen molar-refractivity contribution < 1.29 is 4.42 Å². The van der Waals surface area contributed by atoms with E-state index in [-0.39, 0.29) is 0 Å². The molecule has 1 fully saturated rings. The van der Waals surface area contributed by atoms with E-state index >= 15 is 0 Å². The molecule has 0 radical (unpaired) electrons. The standard InChI is InChI=1S/C12H20N2O/c1-2-10-5-7-14(8-6-10)12-4-3-11(9-13)15-12/h3-4,10H,2,5-9,13H2,1H3. The van der Waals surface area contributed by atoms with Crippen LogP contribution < -0.4 is 10.6 Å². The summed E-state index contributed by atoms with van der Waals surface area (Å²) in [6, 6.07) is 4.01. The summed E-state index contributed by atoms with van der Waals surface area (Å²) in [5.74, 6) is 2.78. The molecule has 1 aliphatic rings. The van der Waals surface area contributed by atoms with Gasteiger partial charge in [-0.1, -0.05) is 13.3 Å². The van der Waals surface area contributed by atoms with Crippen molar-refractivity contribution in [3.8, 4) is 0 Å². The van der Waals surface area contributed by atoms with Crippen LogP contribution in [0.1, 0.15) is 31.9 Å². The van der Waals surface area contributed by atoms with Crippen LogP contribution in [0.5, 0.6) is 0 Å². The minimum Gasteiger partial charge on any atom is -0.444 e. The number of hydrogen-bond donors (Lipinski definition) is 1. The first-order chi connectivity index (χ1) is 7.33. The van der Waals surface area contributed by atoms with Crippen LogP contribution in [-0.2, 0) is 6.54 Å². The number of nitrogens with zero attached hydrogens (tertiary/aromatic N) is 1. The first-order valence-electron chi connectivity index (χ1n) is 5.87. The van der Waals surface area contributed by atoms with Crippen molar-refractivity contribution in [1.29, 1.82) is 0 Å². The van der Waals surface area contributed by atoms with Crippen LogP contribution >= 0.6 is 0 Å². The minimum absolute atomic E-state index is 0.491. The molecule has 0 saturated carbocycles. The Morgan fingerprint density at radius 1 is 1.40 bits per heavy atom. The van der Waals surface area contributed by atoms with E-state index in [9.17, 15) is 0 Å². The van der Waals surface area contributed by atoms with E-state index in [0.29, 0.717) is 6.54 Å². The van der Waals surface area contributed by atoms with Crippen molar-refractivity contribution in [2.24, 2.45) is 11.7 Å². The summed E-state index contributed by atoms with van der Waals surface area (Å²) >= 11 is 0. The Bertz CT molecular complexity index is 300. The molecule has 0 aliphatic carbocycles. The van der Waals surface area contributed by atoms with Crippen LogP contribution in [0.15, 0.2) is 16.5 Å². The number of anilines is 1. The van der Waals surface area contributed by atoms with Gasteiger partial charge in [0.1, 0.15) is 5.76 Å². The molecule has 0 unspecified atom stereocenters. The number of nitrogens with two attached hydrogens (primary N) is 1. The van der Waals surface area contributed by atoms with E-state index in [0.717, 1.165) is 30.7 Å². The fourth-order valence-electron chi connectivity index (χ4n) is 2.21. The second-order valence-corrected chi connectivity index (χ2v) is 4.28. The average molecular weight is 208 g/mol. The molecule has 0 bridgehead atoms. The van der Waals surface area contributed by atoms with E-state index in [1.54, 1.807) is 0 Å². The largest absolute Gasteiger partial charge is 0.444 e. The molecule has 0 spiro atoms. The zero-order valence-electron chi connectivity index (χ0n) is 9.41. The van der Waals surface area contributed by atoms with Gasteiger partial charge in [-0.05, 0) is 24.8 Å². The lowest BCUT2D eigenvalue weighted by Crippen LogP contribution is -2.33. The van der Waals surface area contributed by atoms with Crippen molar-refractivity contribution in [3.63, 3.8) is 0 Å². The molecule has 15 heavy (non-hydrogen) atoms. The number of rotatable bonds is 3. The van der Waals surface area contributed by atoms with E-state index in [4.69, 9.17) is 10.2 Å². The van der Waals surface area contributed by atoms with Crippen LogP contribution in [-0.4, -0.2) is 13.1 Å². The molecule has 0 amide bonds. The molecule has 84 valence electrons. The maximum atomic E-state index is 5.64. The Hall–Kier alpha value is -0.960. The molecule has 1 aromatic heterocycles. The van der Waals surface area contributed by atoms with Gasteiger partial charge in [-0.25, -0.2) is 0 Å². The lowest BCUT2D eigenvalue weighted by atomic mass is 9.94. The van der Waals surface area contributed by atoms with Crippen molar-refractivity contribution in [2.45, 2.75) is 32.7 Å². The normalized spacial score (nSPS) is 18.4. The minimum atomic E-state index is 0.491. The zero-order valence-corrected chi connectivity index (χ0v) is 9.41.